The molecule has 2 aromatic carbocycles. The van der Waals surface area contributed by atoms with Gasteiger partial charge in [-0.3, -0.25) is 10.1 Å². The van der Waals surface area contributed by atoms with E-state index in [0.29, 0.717) is 11.5 Å². The Hall–Kier alpha value is -3.75. The van der Waals surface area contributed by atoms with Crippen molar-refractivity contribution in [2.75, 3.05) is 12.4 Å². The maximum absolute atomic E-state index is 12.2. The van der Waals surface area contributed by atoms with Gasteiger partial charge >= 0.3 is 5.97 Å². The molecule has 0 spiro atoms. The van der Waals surface area contributed by atoms with E-state index in [1.165, 1.54) is 17.7 Å². The molecule has 0 fully saturated rings. The third-order valence-corrected chi connectivity index (χ3v) is 4.11. The highest BCUT2D eigenvalue weighted by atomic mass is 16.6. The molecule has 9 nitrogen and oxygen atoms in total. The molecule has 3 aromatic rings. The second kappa shape index (κ2) is 8.30. The minimum absolute atomic E-state index is 0.0561. The summed E-state index contributed by atoms with van der Waals surface area (Å²) in [5.74, 6) is -0.204. The predicted molar refractivity (Wildman–Crippen MR) is 101 cm³/mol. The SMILES string of the molecule is CCc1ccc(-c2noc(COC(=O)c3ccc(NC)c([N+](=O)[O-])c3)n2)cc1. The van der Waals surface area contributed by atoms with Crippen molar-refractivity contribution in [3.8, 4) is 11.4 Å². The van der Waals surface area contributed by atoms with Crippen molar-refractivity contribution in [3.05, 3.63) is 69.6 Å². The molecule has 0 saturated heterocycles. The van der Waals surface area contributed by atoms with Crippen molar-refractivity contribution in [2.24, 2.45) is 0 Å². The van der Waals surface area contributed by atoms with Gasteiger partial charge in [-0.25, -0.2) is 4.79 Å². The van der Waals surface area contributed by atoms with Crippen molar-refractivity contribution in [1.29, 1.82) is 0 Å². The first kappa shape index (κ1) is 19.0. The topological polar surface area (TPSA) is 120 Å². The number of hydrogen-bond donors (Lipinski definition) is 1. The van der Waals surface area contributed by atoms with Gasteiger partial charge in [0, 0.05) is 18.7 Å². The van der Waals surface area contributed by atoms with Gasteiger partial charge in [0.25, 0.3) is 11.6 Å². The van der Waals surface area contributed by atoms with Crippen molar-refractivity contribution < 1.29 is 19.0 Å². The van der Waals surface area contributed by atoms with Gasteiger partial charge in [0.15, 0.2) is 6.61 Å². The Kier molecular flexibility index (Phi) is 5.64. The zero-order valence-electron chi connectivity index (χ0n) is 15.3. The molecule has 0 aliphatic rings. The summed E-state index contributed by atoms with van der Waals surface area (Å²) in [7, 11) is 1.56. The number of esters is 1. The van der Waals surface area contributed by atoms with Crippen LogP contribution in [0.25, 0.3) is 11.4 Å². The number of nitrogens with one attached hydrogen (secondary N) is 1. The summed E-state index contributed by atoms with van der Waals surface area (Å²) >= 11 is 0. The first-order valence-electron chi connectivity index (χ1n) is 8.57. The van der Waals surface area contributed by atoms with E-state index in [4.69, 9.17) is 9.26 Å². The largest absolute Gasteiger partial charge is 0.452 e. The molecule has 0 bridgehead atoms. The number of nitro benzene ring substituents is 1. The molecule has 3 rings (SSSR count). The highest BCUT2D eigenvalue weighted by Gasteiger charge is 2.18. The Morgan fingerprint density at radius 2 is 2.00 bits per heavy atom. The number of nitro groups is 1. The van der Waals surface area contributed by atoms with E-state index in [1.807, 2.05) is 24.3 Å². The number of carbonyl (C=O) groups is 1. The molecule has 0 unspecified atom stereocenters. The number of rotatable bonds is 7. The third kappa shape index (κ3) is 4.14. The van der Waals surface area contributed by atoms with Crippen LogP contribution in [0.15, 0.2) is 47.0 Å². The summed E-state index contributed by atoms with van der Waals surface area (Å²) in [5.41, 5.74) is 2.13. The average molecular weight is 382 g/mol. The predicted octanol–water partition coefficient (Wildman–Crippen LogP) is 3.61. The molecule has 1 aromatic heterocycles. The Morgan fingerprint density at radius 3 is 2.64 bits per heavy atom. The third-order valence-electron chi connectivity index (χ3n) is 4.11. The van der Waals surface area contributed by atoms with E-state index in [0.717, 1.165) is 18.1 Å². The summed E-state index contributed by atoms with van der Waals surface area (Å²) in [6.07, 6.45) is 0.932. The second-order valence-corrected chi connectivity index (χ2v) is 5.88. The fraction of sp³-hybridized carbons (Fsp3) is 0.211. The van der Waals surface area contributed by atoms with Gasteiger partial charge in [0.1, 0.15) is 5.69 Å². The van der Waals surface area contributed by atoms with Crippen LogP contribution in [-0.4, -0.2) is 28.1 Å². The fourth-order valence-corrected chi connectivity index (χ4v) is 2.55. The molecule has 0 aliphatic carbocycles. The molecular formula is C19H18N4O5. The lowest BCUT2D eigenvalue weighted by molar-refractivity contribution is -0.384. The number of ether oxygens (including phenoxy) is 1. The number of nitrogens with zero attached hydrogens (tertiary/aromatic N) is 3. The molecule has 0 atom stereocenters. The number of hydrogen-bond acceptors (Lipinski definition) is 8. The first-order valence-corrected chi connectivity index (χ1v) is 8.57. The Labute approximate surface area is 160 Å². The summed E-state index contributed by atoms with van der Waals surface area (Å²) in [6.45, 7) is 1.83. The van der Waals surface area contributed by atoms with Crippen molar-refractivity contribution in [3.63, 3.8) is 0 Å². The van der Waals surface area contributed by atoms with Gasteiger partial charge in [-0.1, -0.05) is 36.3 Å². The number of benzene rings is 2. The van der Waals surface area contributed by atoms with Crippen LogP contribution >= 0.6 is 0 Å². The van der Waals surface area contributed by atoms with Crippen LogP contribution in [0.1, 0.15) is 28.7 Å². The maximum atomic E-state index is 12.2. The highest BCUT2D eigenvalue weighted by Crippen LogP contribution is 2.25. The molecule has 28 heavy (non-hydrogen) atoms. The monoisotopic (exact) mass is 382 g/mol. The summed E-state index contributed by atoms with van der Waals surface area (Å²) in [4.78, 5) is 26.9. The van der Waals surface area contributed by atoms with Crippen LogP contribution in [-0.2, 0) is 17.8 Å². The summed E-state index contributed by atoms with van der Waals surface area (Å²) in [6, 6.07) is 11.8. The van der Waals surface area contributed by atoms with Crippen molar-refractivity contribution >= 4 is 17.3 Å². The number of aryl methyl sites for hydroxylation is 1. The smallest absolute Gasteiger partial charge is 0.338 e. The normalized spacial score (nSPS) is 10.5. The van der Waals surface area contributed by atoms with Crippen LogP contribution in [0.2, 0.25) is 0 Å². The molecule has 1 N–H and O–H groups in total. The maximum Gasteiger partial charge on any atom is 0.338 e. The van der Waals surface area contributed by atoms with Gasteiger partial charge in [0.2, 0.25) is 5.82 Å². The molecule has 0 radical (unpaired) electrons. The molecular weight excluding hydrogens is 364 g/mol. The summed E-state index contributed by atoms with van der Waals surface area (Å²) in [5, 5.41) is 17.7. The Balaban J connectivity index is 1.67. The lowest BCUT2D eigenvalue weighted by Gasteiger charge is -2.05. The van der Waals surface area contributed by atoms with E-state index in [9.17, 15) is 14.9 Å². The van der Waals surface area contributed by atoms with Gasteiger partial charge in [-0.2, -0.15) is 4.98 Å². The van der Waals surface area contributed by atoms with Gasteiger partial charge in [-0.15, -0.1) is 0 Å². The molecule has 9 heteroatoms. The molecule has 0 saturated carbocycles. The molecule has 0 amide bonds. The van der Waals surface area contributed by atoms with Gasteiger partial charge in [0.05, 0.1) is 10.5 Å². The zero-order chi connectivity index (χ0) is 20.1. The van der Waals surface area contributed by atoms with Crippen LogP contribution in [0.5, 0.6) is 0 Å². The second-order valence-electron chi connectivity index (χ2n) is 5.88. The highest BCUT2D eigenvalue weighted by molar-refractivity contribution is 5.91. The summed E-state index contributed by atoms with van der Waals surface area (Å²) < 4.78 is 10.2. The zero-order valence-corrected chi connectivity index (χ0v) is 15.3. The van der Waals surface area contributed by atoms with E-state index in [-0.39, 0.29) is 23.7 Å². The minimum atomic E-state index is -0.724. The molecule has 0 aliphatic heterocycles. The van der Waals surface area contributed by atoms with Crippen LogP contribution in [0.4, 0.5) is 11.4 Å². The van der Waals surface area contributed by atoms with Crippen LogP contribution in [0, 0.1) is 10.1 Å². The quantitative estimate of drug-likeness (QED) is 0.374. The van der Waals surface area contributed by atoms with E-state index >= 15 is 0 Å². The van der Waals surface area contributed by atoms with Crippen LogP contribution in [0.3, 0.4) is 0 Å². The average Bonchev–Trinajstić information content (AvgIpc) is 3.20. The molecule has 1 heterocycles. The lowest BCUT2D eigenvalue weighted by Crippen LogP contribution is -2.07. The first-order chi connectivity index (χ1) is 13.5. The van der Waals surface area contributed by atoms with E-state index < -0.39 is 10.9 Å². The Morgan fingerprint density at radius 1 is 1.25 bits per heavy atom. The number of aromatic nitrogens is 2. The minimum Gasteiger partial charge on any atom is -0.452 e. The Bertz CT molecular complexity index is 998. The lowest BCUT2D eigenvalue weighted by atomic mass is 10.1. The number of anilines is 1. The van der Waals surface area contributed by atoms with Crippen molar-refractivity contribution in [2.45, 2.75) is 20.0 Å². The van der Waals surface area contributed by atoms with Crippen molar-refractivity contribution in [1.82, 2.24) is 10.1 Å². The van der Waals surface area contributed by atoms with E-state index in [1.54, 1.807) is 7.05 Å². The van der Waals surface area contributed by atoms with Gasteiger partial charge in [-0.05, 0) is 24.1 Å². The fourth-order valence-electron chi connectivity index (χ4n) is 2.55. The van der Waals surface area contributed by atoms with E-state index in [2.05, 4.69) is 22.4 Å². The van der Waals surface area contributed by atoms with Gasteiger partial charge < -0.3 is 14.6 Å². The number of carbonyl (C=O) groups excluding carboxylic acids is 1. The van der Waals surface area contributed by atoms with Crippen LogP contribution < -0.4 is 5.32 Å². The standard InChI is InChI=1S/C19H18N4O5/c1-3-12-4-6-13(7-5-12)18-21-17(28-22-18)11-27-19(24)14-8-9-15(20-2)16(10-14)23(25)26/h4-10,20H,3,11H2,1-2H3. The molecule has 144 valence electrons.